The van der Waals surface area contributed by atoms with Gasteiger partial charge in [0.2, 0.25) is 11.9 Å². The fourth-order valence-corrected chi connectivity index (χ4v) is 3.99. The number of hydrogen-bond acceptors (Lipinski definition) is 9. The number of aromatic nitrogens is 4. The van der Waals surface area contributed by atoms with Crippen LogP contribution < -0.4 is 10.6 Å². The van der Waals surface area contributed by atoms with Crippen molar-refractivity contribution < 1.29 is 13.2 Å². The first-order valence-corrected chi connectivity index (χ1v) is 10.9. The van der Waals surface area contributed by atoms with Gasteiger partial charge in [-0.05, 0) is 12.1 Å². The van der Waals surface area contributed by atoms with E-state index >= 15 is 0 Å². The molecule has 0 saturated carbocycles. The summed E-state index contributed by atoms with van der Waals surface area (Å²) in [5.74, 6) is 0.666. The maximum Gasteiger partial charge on any atom is 0.226 e. The number of nitrogens with two attached hydrogens (primary N) is 1. The molecule has 0 radical (unpaired) electrons. The van der Waals surface area contributed by atoms with Crippen molar-refractivity contribution >= 4 is 21.7 Å². The zero-order chi connectivity index (χ0) is 20.4. The lowest BCUT2D eigenvalue weighted by molar-refractivity contribution is 0.122. The third kappa shape index (κ3) is 4.17. The second kappa shape index (κ2) is 7.72. The highest BCUT2D eigenvalue weighted by Gasteiger charge is 2.20. The van der Waals surface area contributed by atoms with Crippen LogP contribution in [0.1, 0.15) is 0 Å². The Morgan fingerprint density at radius 1 is 1.03 bits per heavy atom. The largest absolute Gasteiger partial charge is 0.378 e. The van der Waals surface area contributed by atoms with Crippen molar-refractivity contribution in [2.24, 2.45) is 0 Å². The maximum absolute atomic E-state index is 12.3. The van der Waals surface area contributed by atoms with Crippen LogP contribution in [0.5, 0.6) is 0 Å². The van der Waals surface area contributed by atoms with Crippen molar-refractivity contribution in [2.45, 2.75) is 4.90 Å². The van der Waals surface area contributed by atoms with E-state index in [0.29, 0.717) is 54.8 Å². The number of morpholine rings is 1. The minimum atomic E-state index is -3.44. The molecule has 10 heteroatoms. The van der Waals surface area contributed by atoms with Crippen LogP contribution in [-0.4, -0.2) is 60.9 Å². The summed E-state index contributed by atoms with van der Waals surface area (Å²) < 4.78 is 30.0. The first-order valence-electron chi connectivity index (χ1n) is 9.01. The summed E-state index contributed by atoms with van der Waals surface area (Å²) >= 11 is 0. The molecule has 1 aromatic carbocycles. The molecule has 1 aliphatic rings. The Kier molecular flexibility index (Phi) is 5.12. The molecule has 0 aliphatic carbocycles. The average molecular weight is 412 g/mol. The lowest BCUT2D eigenvalue weighted by Gasteiger charge is -2.27. The van der Waals surface area contributed by atoms with E-state index in [9.17, 15) is 8.42 Å². The number of rotatable bonds is 4. The van der Waals surface area contributed by atoms with E-state index in [0.717, 1.165) is 0 Å². The van der Waals surface area contributed by atoms with Crippen molar-refractivity contribution in [3.05, 3.63) is 42.7 Å². The van der Waals surface area contributed by atoms with Gasteiger partial charge in [-0.3, -0.25) is 0 Å². The molecular formula is C19H20N6O3S. The summed E-state index contributed by atoms with van der Waals surface area (Å²) in [6, 6.07) is 8.53. The molecule has 3 aromatic rings. The molecule has 0 bridgehead atoms. The molecule has 1 fully saturated rings. The molecule has 0 amide bonds. The number of ether oxygens (including phenoxy) is 1. The summed E-state index contributed by atoms with van der Waals surface area (Å²) in [4.78, 5) is 19.6. The van der Waals surface area contributed by atoms with Crippen molar-refractivity contribution in [1.29, 1.82) is 0 Å². The molecule has 0 atom stereocenters. The first kappa shape index (κ1) is 19.2. The van der Waals surface area contributed by atoms with Crippen molar-refractivity contribution in [3.63, 3.8) is 0 Å². The summed E-state index contributed by atoms with van der Waals surface area (Å²) in [5, 5.41) is 0. The minimum absolute atomic E-state index is 0.166. The zero-order valence-corrected chi connectivity index (χ0v) is 16.6. The predicted molar refractivity (Wildman–Crippen MR) is 109 cm³/mol. The second-order valence-corrected chi connectivity index (χ2v) is 8.62. The summed E-state index contributed by atoms with van der Waals surface area (Å²) in [7, 11) is -3.44. The van der Waals surface area contributed by atoms with Gasteiger partial charge >= 0.3 is 0 Å². The Morgan fingerprint density at radius 2 is 1.69 bits per heavy atom. The van der Waals surface area contributed by atoms with Crippen molar-refractivity contribution in [3.8, 4) is 22.5 Å². The van der Waals surface area contributed by atoms with Crippen LogP contribution >= 0.6 is 0 Å². The number of sulfone groups is 1. The zero-order valence-electron chi connectivity index (χ0n) is 15.8. The summed E-state index contributed by atoms with van der Waals surface area (Å²) in [6.45, 7) is 2.45. The lowest BCUT2D eigenvalue weighted by Crippen LogP contribution is -2.37. The van der Waals surface area contributed by atoms with Crippen LogP contribution in [0.3, 0.4) is 0 Å². The Bertz CT molecular complexity index is 1130. The molecule has 4 rings (SSSR count). The fourth-order valence-electron chi connectivity index (χ4n) is 3.10. The number of nitrogens with zero attached hydrogens (tertiary/aromatic N) is 5. The third-order valence-electron chi connectivity index (χ3n) is 4.54. The van der Waals surface area contributed by atoms with Crippen molar-refractivity contribution in [2.75, 3.05) is 43.2 Å². The predicted octanol–water partition coefficient (Wildman–Crippen LogP) is 1.42. The van der Waals surface area contributed by atoms with Crippen LogP contribution in [-0.2, 0) is 14.6 Å². The van der Waals surface area contributed by atoms with Crippen LogP contribution in [0.25, 0.3) is 22.5 Å². The third-order valence-corrected chi connectivity index (χ3v) is 5.69. The van der Waals surface area contributed by atoms with E-state index in [1.54, 1.807) is 42.7 Å². The monoisotopic (exact) mass is 412 g/mol. The highest BCUT2D eigenvalue weighted by atomic mass is 32.2. The number of benzene rings is 1. The average Bonchev–Trinajstić information content (AvgIpc) is 2.74. The summed E-state index contributed by atoms with van der Waals surface area (Å²) in [6.07, 6.45) is 4.35. The normalized spacial score (nSPS) is 14.7. The van der Waals surface area contributed by atoms with Crippen LogP contribution in [0.15, 0.2) is 47.6 Å². The van der Waals surface area contributed by atoms with Crippen molar-refractivity contribution in [1.82, 2.24) is 19.9 Å². The highest BCUT2D eigenvalue weighted by Crippen LogP contribution is 2.30. The van der Waals surface area contributed by atoms with E-state index < -0.39 is 9.84 Å². The molecule has 2 N–H and O–H groups in total. The van der Waals surface area contributed by atoms with Crippen LogP contribution in [0.4, 0.5) is 11.9 Å². The number of nitrogen functional groups attached to an aromatic ring is 1. The molecule has 1 saturated heterocycles. The lowest BCUT2D eigenvalue weighted by atomic mass is 10.1. The Hall–Kier alpha value is -3.11. The molecule has 150 valence electrons. The molecule has 3 heterocycles. The van der Waals surface area contributed by atoms with Gasteiger partial charge in [-0.25, -0.2) is 28.4 Å². The molecular weight excluding hydrogens is 392 g/mol. The molecule has 0 spiro atoms. The second-order valence-electron chi connectivity index (χ2n) is 6.64. The van der Waals surface area contributed by atoms with E-state index in [-0.39, 0.29) is 10.8 Å². The smallest absolute Gasteiger partial charge is 0.226 e. The van der Waals surface area contributed by atoms with Gasteiger partial charge in [0.1, 0.15) is 0 Å². The molecule has 2 aromatic heterocycles. The van der Waals surface area contributed by atoms with Gasteiger partial charge in [0.05, 0.1) is 29.5 Å². The van der Waals surface area contributed by atoms with Gasteiger partial charge < -0.3 is 15.4 Å². The standard InChI is InChI=1S/C19H20N6O3S/c1-29(26,27)17-5-3-2-4-14(17)16-10-15(13-11-21-18(20)22-12-13)23-19(24-16)25-6-8-28-9-7-25/h2-5,10-12H,6-9H2,1H3,(H2,20,21,22). The SMILES string of the molecule is CS(=O)(=O)c1ccccc1-c1cc(-c2cnc(N)nc2)nc(N2CCOCC2)n1. The van der Waals surface area contributed by atoms with E-state index in [1.807, 2.05) is 4.90 Å². The Morgan fingerprint density at radius 3 is 2.38 bits per heavy atom. The van der Waals surface area contributed by atoms with E-state index in [1.165, 1.54) is 6.26 Å². The molecule has 1 aliphatic heterocycles. The molecule has 29 heavy (non-hydrogen) atoms. The van der Waals surface area contributed by atoms with Crippen LogP contribution in [0, 0.1) is 0 Å². The Labute approximate surface area is 168 Å². The first-order chi connectivity index (χ1) is 13.9. The Balaban J connectivity index is 1.90. The quantitative estimate of drug-likeness (QED) is 0.677. The maximum atomic E-state index is 12.3. The van der Waals surface area contributed by atoms with E-state index in [2.05, 4.69) is 19.9 Å². The molecule has 0 unspecified atom stereocenters. The van der Waals surface area contributed by atoms with Gasteiger partial charge in [0, 0.05) is 42.9 Å². The van der Waals surface area contributed by atoms with Gasteiger partial charge in [-0.1, -0.05) is 18.2 Å². The number of hydrogen-bond donors (Lipinski definition) is 1. The summed E-state index contributed by atoms with van der Waals surface area (Å²) in [5.41, 5.74) is 7.87. The minimum Gasteiger partial charge on any atom is -0.378 e. The van der Waals surface area contributed by atoms with Gasteiger partial charge in [-0.15, -0.1) is 0 Å². The van der Waals surface area contributed by atoms with Crippen LogP contribution in [0.2, 0.25) is 0 Å². The van der Waals surface area contributed by atoms with Gasteiger partial charge in [0.25, 0.3) is 0 Å². The van der Waals surface area contributed by atoms with E-state index in [4.69, 9.17) is 10.5 Å². The van der Waals surface area contributed by atoms with Gasteiger partial charge in [0.15, 0.2) is 9.84 Å². The molecule has 9 nitrogen and oxygen atoms in total. The number of anilines is 2. The highest BCUT2D eigenvalue weighted by molar-refractivity contribution is 7.90. The topological polar surface area (TPSA) is 124 Å². The fraction of sp³-hybridized carbons (Fsp3) is 0.263. The van der Waals surface area contributed by atoms with Gasteiger partial charge in [-0.2, -0.15) is 0 Å².